The molecule has 2 aromatic rings. The zero-order chi connectivity index (χ0) is 18.4. The molecule has 0 spiro atoms. The zero-order valence-electron chi connectivity index (χ0n) is 13.1. The predicted molar refractivity (Wildman–Crippen MR) is 93.8 cm³/mol. The van der Waals surface area contributed by atoms with E-state index >= 15 is 0 Å². The van der Waals surface area contributed by atoms with Crippen LogP contribution in [0.5, 0.6) is 0 Å². The molecule has 126 valence electrons. The Hall–Kier alpha value is -3.17. The molecule has 0 unspecified atom stereocenters. The van der Waals surface area contributed by atoms with E-state index in [1.807, 2.05) is 0 Å². The summed E-state index contributed by atoms with van der Waals surface area (Å²) in [5.74, 6) is -1.36. The van der Waals surface area contributed by atoms with E-state index < -0.39 is 11.7 Å². The second-order valence-electron chi connectivity index (χ2n) is 5.03. The van der Waals surface area contributed by atoms with Crippen LogP contribution in [0.25, 0.3) is 0 Å². The average molecular weight is 358 g/mol. The number of hydrogen-bond acceptors (Lipinski definition) is 4. The Kier molecular flexibility index (Phi) is 5.88. The molecule has 7 heteroatoms. The molecule has 2 aromatic carbocycles. The molecule has 0 atom stereocenters. The lowest BCUT2D eigenvalue weighted by atomic mass is 10.1. The van der Waals surface area contributed by atoms with Gasteiger partial charge in [0.05, 0.1) is 5.02 Å². The number of nitriles is 1. The Bertz CT molecular complexity index is 903. The van der Waals surface area contributed by atoms with Gasteiger partial charge in [0.15, 0.2) is 5.78 Å². The Morgan fingerprint density at radius 2 is 1.96 bits per heavy atom. The van der Waals surface area contributed by atoms with Gasteiger partial charge in [-0.05, 0) is 37.3 Å². The number of halogens is 2. The van der Waals surface area contributed by atoms with Crippen molar-refractivity contribution in [2.24, 2.45) is 0 Å². The van der Waals surface area contributed by atoms with Crippen molar-refractivity contribution in [1.29, 1.82) is 5.26 Å². The molecule has 2 N–H and O–H groups in total. The minimum atomic E-state index is -0.649. The largest absolute Gasteiger partial charge is 0.360 e. The van der Waals surface area contributed by atoms with Gasteiger partial charge in [0.1, 0.15) is 17.5 Å². The Morgan fingerprint density at radius 3 is 2.60 bits per heavy atom. The predicted octanol–water partition coefficient (Wildman–Crippen LogP) is 4.14. The van der Waals surface area contributed by atoms with Crippen LogP contribution in [0.15, 0.2) is 54.2 Å². The topological polar surface area (TPSA) is 82.0 Å². The number of nitrogens with zero attached hydrogens (tertiary/aromatic N) is 1. The fourth-order valence-electron chi connectivity index (χ4n) is 1.90. The quantitative estimate of drug-likeness (QED) is 0.478. The first-order valence-corrected chi connectivity index (χ1v) is 7.52. The molecule has 2 rings (SSSR count). The lowest BCUT2D eigenvalue weighted by Crippen LogP contribution is -2.14. The van der Waals surface area contributed by atoms with Crippen molar-refractivity contribution in [2.45, 2.75) is 6.92 Å². The summed E-state index contributed by atoms with van der Waals surface area (Å²) in [6, 6.07) is 12.1. The summed E-state index contributed by atoms with van der Waals surface area (Å²) in [6.45, 7) is 1.42. The molecular formula is C18H13ClFN3O2. The highest BCUT2D eigenvalue weighted by atomic mass is 35.5. The van der Waals surface area contributed by atoms with Crippen LogP contribution in [0.2, 0.25) is 5.02 Å². The maximum Gasteiger partial charge on any atom is 0.267 e. The zero-order valence-corrected chi connectivity index (χ0v) is 13.9. The number of amides is 1. The number of nitrogens with one attached hydrogen (secondary N) is 2. The number of benzene rings is 2. The van der Waals surface area contributed by atoms with Crippen LogP contribution in [0.1, 0.15) is 17.3 Å². The Morgan fingerprint density at radius 1 is 1.20 bits per heavy atom. The van der Waals surface area contributed by atoms with Gasteiger partial charge in [-0.2, -0.15) is 5.26 Å². The molecule has 0 heterocycles. The fourth-order valence-corrected chi connectivity index (χ4v) is 2.08. The molecule has 0 aliphatic heterocycles. The van der Waals surface area contributed by atoms with Gasteiger partial charge in [0.2, 0.25) is 0 Å². The third-order valence-electron chi connectivity index (χ3n) is 3.19. The van der Waals surface area contributed by atoms with Gasteiger partial charge in [-0.15, -0.1) is 0 Å². The maximum atomic E-state index is 13.1. The van der Waals surface area contributed by atoms with Crippen molar-refractivity contribution in [3.8, 4) is 6.07 Å². The average Bonchev–Trinajstić information content (AvgIpc) is 2.58. The number of hydrogen-bond donors (Lipinski definition) is 2. The highest BCUT2D eigenvalue weighted by Gasteiger charge is 2.10. The molecule has 0 aliphatic rings. The van der Waals surface area contributed by atoms with E-state index in [2.05, 4.69) is 10.6 Å². The smallest absolute Gasteiger partial charge is 0.267 e. The van der Waals surface area contributed by atoms with E-state index in [0.717, 1.165) is 6.07 Å². The van der Waals surface area contributed by atoms with Gasteiger partial charge in [-0.25, -0.2) is 4.39 Å². The van der Waals surface area contributed by atoms with Crippen molar-refractivity contribution in [1.82, 2.24) is 0 Å². The van der Waals surface area contributed by atoms with E-state index in [1.54, 1.807) is 24.3 Å². The van der Waals surface area contributed by atoms with Gasteiger partial charge >= 0.3 is 0 Å². The van der Waals surface area contributed by atoms with E-state index in [4.69, 9.17) is 16.9 Å². The van der Waals surface area contributed by atoms with Gasteiger partial charge in [-0.3, -0.25) is 9.59 Å². The summed E-state index contributed by atoms with van der Waals surface area (Å²) in [5.41, 5.74) is 1.06. The van der Waals surface area contributed by atoms with Crippen LogP contribution in [0.4, 0.5) is 15.8 Å². The van der Waals surface area contributed by atoms with E-state index in [1.165, 1.54) is 31.3 Å². The van der Waals surface area contributed by atoms with E-state index in [9.17, 15) is 14.0 Å². The SMILES string of the molecule is CC(=O)c1cccc(NC(=O)/C(C#N)=C\Nc2ccc(F)c(Cl)c2)c1. The Balaban J connectivity index is 2.12. The van der Waals surface area contributed by atoms with Crippen molar-refractivity contribution < 1.29 is 14.0 Å². The van der Waals surface area contributed by atoms with Gasteiger partial charge in [-0.1, -0.05) is 23.7 Å². The summed E-state index contributed by atoms with van der Waals surface area (Å²) >= 11 is 5.67. The second kappa shape index (κ2) is 8.08. The number of carbonyl (C=O) groups is 2. The third-order valence-corrected chi connectivity index (χ3v) is 3.48. The summed E-state index contributed by atoms with van der Waals surface area (Å²) in [6.07, 6.45) is 1.19. The minimum Gasteiger partial charge on any atom is -0.360 e. The fraction of sp³-hybridized carbons (Fsp3) is 0.0556. The van der Waals surface area contributed by atoms with Crippen molar-refractivity contribution in [3.05, 3.63) is 70.6 Å². The van der Waals surface area contributed by atoms with E-state index in [0.29, 0.717) is 16.9 Å². The first kappa shape index (κ1) is 18.2. The third kappa shape index (κ3) is 4.90. The summed E-state index contributed by atoms with van der Waals surface area (Å²) in [4.78, 5) is 23.5. The minimum absolute atomic E-state index is 0.0811. The second-order valence-corrected chi connectivity index (χ2v) is 5.44. The lowest BCUT2D eigenvalue weighted by Gasteiger charge is -2.06. The number of rotatable bonds is 5. The molecule has 5 nitrogen and oxygen atoms in total. The van der Waals surface area contributed by atoms with Crippen LogP contribution < -0.4 is 10.6 Å². The molecular weight excluding hydrogens is 345 g/mol. The molecule has 25 heavy (non-hydrogen) atoms. The summed E-state index contributed by atoms with van der Waals surface area (Å²) in [5, 5.41) is 14.3. The number of ketones is 1. The molecule has 0 saturated carbocycles. The normalized spacial score (nSPS) is 10.7. The van der Waals surface area contributed by atoms with Crippen molar-refractivity contribution in [2.75, 3.05) is 10.6 Å². The molecule has 0 aliphatic carbocycles. The highest BCUT2D eigenvalue weighted by Crippen LogP contribution is 2.19. The van der Waals surface area contributed by atoms with Gasteiger partial charge < -0.3 is 10.6 Å². The molecule has 0 bridgehead atoms. The number of anilines is 2. The number of carbonyl (C=O) groups excluding carboxylic acids is 2. The van der Waals surface area contributed by atoms with Gasteiger partial charge in [0.25, 0.3) is 5.91 Å². The van der Waals surface area contributed by atoms with Crippen LogP contribution in [0, 0.1) is 17.1 Å². The Labute approximate surface area is 148 Å². The molecule has 0 aromatic heterocycles. The van der Waals surface area contributed by atoms with Crippen LogP contribution >= 0.6 is 11.6 Å². The number of Topliss-reactive ketones (excluding diaryl/α,β-unsaturated/α-hetero) is 1. The maximum absolute atomic E-state index is 13.1. The van der Waals surface area contributed by atoms with Crippen molar-refractivity contribution in [3.63, 3.8) is 0 Å². The molecule has 0 saturated heterocycles. The van der Waals surface area contributed by atoms with Crippen LogP contribution in [-0.4, -0.2) is 11.7 Å². The summed E-state index contributed by atoms with van der Waals surface area (Å²) in [7, 11) is 0. The highest BCUT2D eigenvalue weighted by molar-refractivity contribution is 6.31. The van der Waals surface area contributed by atoms with Crippen LogP contribution in [-0.2, 0) is 4.79 Å². The molecule has 1 amide bonds. The monoisotopic (exact) mass is 357 g/mol. The van der Waals surface area contributed by atoms with E-state index in [-0.39, 0.29) is 16.4 Å². The van der Waals surface area contributed by atoms with Crippen molar-refractivity contribution >= 4 is 34.7 Å². The lowest BCUT2D eigenvalue weighted by molar-refractivity contribution is -0.112. The van der Waals surface area contributed by atoms with Crippen LogP contribution in [0.3, 0.4) is 0 Å². The molecule has 0 fully saturated rings. The molecule has 0 radical (unpaired) electrons. The first-order valence-electron chi connectivity index (χ1n) is 7.15. The van der Waals surface area contributed by atoms with Gasteiger partial charge in [0, 0.05) is 23.1 Å². The first-order chi connectivity index (χ1) is 11.9. The standard InChI is InChI=1S/C18H13ClFN3O2/c1-11(24)12-3-2-4-15(7-12)23-18(25)13(9-21)10-22-14-5-6-17(20)16(19)8-14/h2-8,10,22H,1H3,(H,23,25)/b13-10-. The summed E-state index contributed by atoms with van der Waals surface area (Å²) < 4.78 is 13.1.